The SMILES string of the molecule is COCc1cc(C(=O)Nc2ccn(C)n2)c(C)cc1O[C@H](CN1CCN[C@H](C)C1)c1ccc(C)c(F)c1. The maximum Gasteiger partial charge on any atom is 0.257 e. The lowest BCUT2D eigenvalue weighted by Gasteiger charge is -2.34. The van der Waals surface area contributed by atoms with Gasteiger partial charge < -0.3 is 20.1 Å². The molecule has 1 fully saturated rings. The number of nitrogens with one attached hydrogen (secondary N) is 2. The number of halogens is 1. The number of hydrogen-bond acceptors (Lipinski definition) is 6. The zero-order valence-electron chi connectivity index (χ0n) is 22.2. The fourth-order valence-corrected chi connectivity index (χ4v) is 4.60. The van der Waals surface area contributed by atoms with Gasteiger partial charge in [0.25, 0.3) is 5.91 Å². The van der Waals surface area contributed by atoms with Crippen LogP contribution in [0.2, 0.25) is 0 Å². The lowest BCUT2D eigenvalue weighted by Crippen LogP contribution is -2.50. The van der Waals surface area contributed by atoms with Gasteiger partial charge >= 0.3 is 0 Å². The smallest absolute Gasteiger partial charge is 0.257 e. The Morgan fingerprint density at radius 1 is 1.24 bits per heavy atom. The van der Waals surface area contributed by atoms with Gasteiger partial charge in [0.05, 0.1) is 6.61 Å². The normalized spacial score (nSPS) is 17.0. The third-order valence-electron chi connectivity index (χ3n) is 6.62. The molecule has 0 bridgehead atoms. The Hall–Kier alpha value is -3.27. The number of rotatable bonds is 9. The van der Waals surface area contributed by atoms with Gasteiger partial charge in [-0.25, -0.2) is 4.39 Å². The molecule has 2 N–H and O–H groups in total. The Morgan fingerprint density at radius 2 is 2.05 bits per heavy atom. The Kier molecular flexibility index (Phi) is 8.58. The van der Waals surface area contributed by atoms with Crippen LogP contribution in [-0.4, -0.2) is 59.9 Å². The molecule has 1 saturated heterocycles. The molecule has 1 amide bonds. The summed E-state index contributed by atoms with van der Waals surface area (Å²) in [5.41, 5.74) is 3.38. The van der Waals surface area contributed by atoms with Crippen LogP contribution in [0.25, 0.3) is 0 Å². The van der Waals surface area contributed by atoms with Crippen molar-refractivity contribution in [2.24, 2.45) is 7.05 Å². The van der Waals surface area contributed by atoms with Gasteiger partial charge in [-0.3, -0.25) is 14.4 Å². The second-order valence-electron chi connectivity index (χ2n) is 9.77. The number of nitrogens with zero attached hydrogens (tertiary/aromatic N) is 3. The largest absolute Gasteiger partial charge is 0.484 e. The first-order valence-electron chi connectivity index (χ1n) is 12.6. The molecule has 8 nitrogen and oxygen atoms in total. The van der Waals surface area contributed by atoms with Crippen LogP contribution in [0.15, 0.2) is 42.6 Å². The van der Waals surface area contributed by atoms with Gasteiger partial charge in [0.15, 0.2) is 5.82 Å². The van der Waals surface area contributed by atoms with Crippen LogP contribution >= 0.6 is 0 Å². The van der Waals surface area contributed by atoms with E-state index in [0.717, 1.165) is 36.3 Å². The van der Waals surface area contributed by atoms with Gasteiger partial charge in [-0.05, 0) is 55.7 Å². The van der Waals surface area contributed by atoms with E-state index in [4.69, 9.17) is 9.47 Å². The van der Waals surface area contributed by atoms with Crippen LogP contribution in [-0.2, 0) is 18.4 Å². The third-order valence-corrected chi connectivity index (χ3v) is 6.62. The van der Waals surface area contributed by atoms with E-state index >= 15 is 0 Å². The minimum Gasteiger partial charge on any atom is -0.484 e. The quantitative estimate of drug-likeness (QED) is 0.454. The molecule has 0 radical (unpaired) electrons. The molecule has 0 saturated carbocycles. The second-order valence-corrected chi connectivity index (χ2v) is 9.77. The highest BCUT2D eigenvalue weighted by Crippen LogP contribution is 2.31. The number of aryl methyl sites for hydroxylation is 3. The lowest BCUT2D eigenvalue weighted by atomic mass is 10.0. The molecule has 0 aliphatic carbocycles. The minimum absolute atomic E-state index is 0.255. The summed E-state index contributed by atoms with van der Waals surface area (Å²) in [5, 5.41) is 10.5. The highest BCUT2D eigenvalue weighted by Gasteiger charge is 2.24. The summed E-state index contributed by atoms with van der Waals surface area (Å²) >= 11 is 0. The van der Waals surface area contributed by atoms with Gasteiger partial charge in [-0.15, -0.1) is 0 Å². The molecule has 2 heterocycles. The molecule has 1 aromatic heterocycles. The van der Waals surface area contributed by atoms with Crippen LogP contribution in [0.3, 0.4) is 0 Å². The van der Waals surface area contributed by atoms with Crippen LogP contribution in [0.5, 0.6) is 5.75 Å². The summed E-state index contributed by atoms with van der Waals surface area (Å²) < 4.78 is 28.2. The first-order chi connectivity index (χ1) is 17.7. The Morgan fingerprint density at radius 3 is 2.73 bits per heavy atom. The van der Waals surface area contributed by atoms with Crippen LogP contribution in [0, 0.1) is 19.7 Å². The molecule has 0 spiro atoms. The standard InChI is InChI=1S/C28H36FN5O3/c1-18-6-7-21(14-24(18)29)26(16-34-11-9-30-20(3)15-34)37-25-12-19(2)23(13-22(25)17-36-5)28(35)31-27-8-10-33(4)32-27/h6-8,10,12-14,20,26,30H,9,11,15-17H2,1-5H3,(H,31,32,35)/t20-,26-/m1/s1. The number of aromatic nitrogens is 2. The Labute approximate surface area is 217 Å². The van der Waals surface area contributed by atoms with Crippen molar-refractivity contribution in [2.75, 3.05) is 38.6 Å². The van der Waals surface area contributed by atoms with Crippen molar-refractivity contribution in [1.29, 1.82) is 0 Å². The second kappa shape index (κ2) is 11.9. The molecule has 4 rings (SSSR count). The fourth-order valence-electron chi connectivity index (χ4n) is 4.60. The maximum absolute atomic E-state index is 14.6. The molecule has 2 atom stereocenters. The van der Waals surface area contributed by atoms with Crippen LogP contribution < -0.4 is 15.4 Å². The van der Waals surface area contributed by atoms with Crippen molar-refractivity contribution in [1.82, 2.24) is 20.0 Å². The molecule has 37 heavy (non-hydrogen) atoms. The van der Waals surface area contributed by atoms with E-state index in [1.807, 2.05) is 19.1 Å². The predicted molar refractivity (Wildman–Crippen MR) is 141 cm³/mol. The first-order valence-corrected chi connectivity index (χ1v) is 12.6. The lowest BCUT2D eigenvalue weighted by molar-refractivity contribution is 0.102. The number of hydrogen-bond donors (Lipinski definition) is 2. The molecule has 1 aliphatic rings. The zero-order chi connectivity index (χ0) is 26.5. The van der Waals surface area contributed by atoms with E-state index in [-0.39, 0.29) is 18.3 Å². The molecule has 1 aliphatic heterocycles. The van der Waals surface area contributed by atoms with Crippen LogP contribution in [0.1, 0.15) is 45.6 Å². The summed E-state index contributed by atoms with van der Waals surface area (Å²) in [5.74, 6) is 0.580. The highest BCUT2D eigenvalue weighted by molar-refractivity contribution is 6.05. The molecule has 2 aromatic carbocycles. The van der Waals surface area contributed by atoms with E-state index in [1.165, 1.54) is 0 Å². The third kappa shape index (κ3) is 6.74. The zero-order valence-corrected chi connectivity index (χ0v) is 22.2. The highest BCUT2D eigenvalue weighted by atomic mass is 19.1. The van der Waals surface area contributed by atoms with Gasteiger partial charge in [0, 0.05) is 69.8 Å². The van der Waals surface area contributed by atoms with Crippen molar-refractivity contribution < 1.29 is 18.7 Å². The summed E-state index contributed by atoms with van der Waals surface area (Å²) in [7, 11) is 3.40. The van der Waals surface area contributed by atoms with E-state index in [1.54, 1.807) is 56.2 Å². The van der Waals surface area contributed by atoms with E-state index < -0.39 is 6.10 Å². The van der Waals surface area contributed by atoms with E-state index in [9.17, 15) is 9.18 Å². The minimum atomic E-state index is -0.399. The summed E-state index contributed by atoms with van der Waals surface area (Å²) in [4.78, 5) is 15.4. The number of carbonyl (C=O) groups is 1. The summed E-state index contributed by atoms with van der Waals surface area (Å²) in [6, 6.07) is 11.0. The average molecular weight is 510 g/mol. The van der Waals surface area contributed by atoms with Crippen molar-refractivity contribution >= 4 is 11.7 Å². The Balaban J connectivity index is 1.64. The summed E-state index contributed by atoms with van der Waals surface area (Å²) in [6.45, 7) is 9.31. The number of ether oxygens (including phenoxy) is 2. The van der Waals surface area contributed by atoms with Gasteiger partial charge in [0.2, 0.25) is 0 Å². The molecule has 9 heteroatoms. The predicted octanol–water partition coefficient (Wildman–Crippen LogP) is 3.99. The van der Waals surface area contributed by atoms with E-state index in [0.29, 0.717) is 35.3 Å². The van der Waals surface area contributed by atoms with Gasteiger partial charge in [-0.1, -0.05) is 12.1 Å². The van der Waals surface area contributed by atoms with Crippen molar-refractivity contribution in [3.8, 4) is 5.75 Å². The first kappa shape index (κ1) is 26.8. The number of piperazine rings is 1. The van der Waals surface area contributed by atoms with Crippen molar-refractivity contribution in [3.63, 3.8) is 0 Å². The molecule has 3 aromatic rings. The molecular formula is C28H36FN5O3. The van der Waals surface area contributed by atoms with Crippen LogP contribution in [0.4, 0.5) is 10.2 Å². The number of carbonyl (C=O) groups excluding carboxylic acids is 1. The monoisotopic (exact) mass is 509 g/mol. The van der Waals surface area contributed by atoms with Crippen molar-refractivity contribution in [3.05, 3.63) is 76.2 Å². The Bertz CT molecular complexity index is 1240. The number of benzene rings is 2. The van der Waals surface area contributed by atoms with Crippen molar-refractivity contribution in [2.45, 2.75) is 39.5 Å². The fraction of sp³-hybridized carbons (Fsp3) is 0.429. The van der Waals surface area contributed by atoms with Gasteiger partial charge in [0.1, 0.15) is 17.7 Å². The van der Waals surface area contributed by atoms with E-state index in [2.05, 4.69) is 27.6 Å². The number of methoxy groups -OCH3 is 1. The summed E-state index contributed by atoms with van der Waals surface area (Å²) in [6.07, 6.45) is 1.37. The number of amides is 1. The molecular weight excluding hydrogens is 473 g/mol. The average Bonchev–Trinajstić information content (AvgIpc) is 3.26. The van der Waals surface area contributed by atoms with Gasteiger partial charge in [-0.2, -0.15) is 5.10 Å². The number of anilines is 1. The topological polar surface area (TPSA) is 80.6 Å². The maximum atomic E-state index is 14.6. The molecule has 0 unspecified atom stereocenters. The molecule has 198 valence electrons.